The van der Waals surface area contributed by atoms with Crippen molar-refractivity contribution in [2.24, 2.45) is 11.8 Å². The molecule has 0 aromatic rings. The number of thioether (sulfide) groups is 2. The van der Waals surface area contributed by atoms with Crippen molar-refractivity contribution in [3.05, 3.63) is 0 Å². The Hall–Kier alpha value is -0.270. The topological polar surface area (TPSA) is 37.3 Å². The van der Waals surface area contributed by atoms with Gasteiger partial charge in [0.15, 0.2) is 0 Å². The summed E-state index contributed by atoms with van der Waals surface area (Å²) in [6.07, 6.45) is 19.0. The molecule has 4 atom stereocenters. The molecule has 2 aliphatic heterocycles. The second-order valence-electron chi connectivity index (χ2n) is 7.55. The van der Waals surface area contributed by atoms with E-state index in [1.165, 1.54) is 62.9 Å². The van der Waals surface area contributed by atoms with Crippen molar-refractivity contribution in [3.8, 4) is 12.3 Å². The van der Waals surface area contributed by atoms with E-state index in [2.05, 4.69) is 29.4 Å². The Morgan fingerprint density at radius 1 is 1.04 bits per heavy atom. The van der Waals surface area contributed by atoms with Crippen LogP contribution in [0.25, 0.3) is 0 Å². The molecule has 2 saturated heterocycles. The number of rotatable bonds is 14. The molecule has 2 heterocycles. The highest BCUT2D eigenvalue weighted by atomic mass is 32.2. The highest BCUT2D eigenvalue weighted by molar-refractivity contribution is 8.01. The third-order valence-corrected chi connectivity index (χ3v) is 8.76. The molecule has 25 heavy (non-hydrogen) atoms. The highest BCUT2D eigenvalue weighted by Gasteiger charge is 2.47. The van der Waals surface area contributed by atoms with Gasteiger partial charge in [0.1, 0.15) is 0 Å². The van der Waals surface area contributed by atoms with Crippen molar-refractivity contribution in [2.45, 2.75) is 87.5 Å². The molecule has 2 rings (SSSR count). The van der Waals surface area contributed by atoms with Crippen LogP contribution >= 0.6 is 23.5 Å². The minimum atomic E-state index is -0.652. The van der Waals surface area contributed by atoms with Gasteiger partial charge in [-0.15, -0.1) is 12.3 Å². The first-order chi connectivity index (χ1) is 12.2. The fourth-order valence-electron chi connectivity index (χ4n) is 4.34. The molecular formula is C21H34O2S2. The average Bonchev–Trinajstić information content (AvgIpc) is 3.19. The minimum Gasteiger partial charge on any atom is -0.481 e. The molecule has 2 bridgehead atoms. The van der Waals surface area contributed by atoms with Gasteiger partial charge in [0.2, 0.25) is 0 Å². The van der Waals surface area contributed by atoms with E-state index in [9.17, 15) is 4.79 Å². The van der Waals surface area contributed by atoms with E-state index in [1.54, 1.807) is 0 Å². The molecule has 2 aliphatic rings. The first-order valence-electron chi connectivity index (χ1n) is 10.1. The van der Waals surface area contributed by atoms with Gasteiger partial charge in [0.05, 0.1) is 0 Å². The smallest absolute Gasteiger partial charge is 0.303 e. The lowest BCUT2D eigenvalue weighted by atomic mass is 9.77. The van der Waals surface area contributed by atoms with Crippen LogP contribution in [-0.4, -0.2) is 33.1 Å². The average molecular weight is 383 g/mol. The van der Waals surface area contributed by atoms with Crippen LogP contribution in [0.2, 0.25) is 0 Å². The van der Waals surface area contributed by atoms with E-state index in [0.29, 0.717) is 6.42 Å². The van der Waals surface area contributed by atoms with Crippen LogP contribution in [-0.2, 0) is 4.79 Å². The van der Waals surface area contributed by atoms with Crippen LogP contribution in [0.4, 0.5) is 0 Å². The molecule has 0 aromatic carbocycles. The maximum absolute atomic E-state index is 10.6. The van der Waals surface area contributed by atoms with Gasteiger partial charge in [-0.1, -0.05) is 25.7 Å². The van der Waals surface area contributed by atoms with Gasteiger partial charge in [0, 0.05) is 23.3 Å². The first-order valence-corrected chi connectivity index (χ1v) is 12.2. The SMILES string of the molecule is C#CCCCCCSCC1C2CCC(S2)C1CCCCCCC(=O)O. The number of carboxylic acids is 1. The zero-order valence-corrected chi connectivity index (χ0v) is 17.1. The molecule has 0 saturated carbocycles. The number of unbranched alkanes of at least 4 members (excludes halogenated alkanes) is 6. The van der Waals surface area contributed by atoms with Crippen LogP contribution in [0.1, 0.15) is 77.0 Å². The third kappa shape index (κ3) is 7.47. The lowest BCUT2D eigenvalue weighted by molar-refractivity contribution is -0.137. The molecule has 0 aromatic heterocycles. The summed E-state index contributed by atoms with van der Waals surface area (Å²) >= 11 is 4.45. The van der Waals surface area contributed by atoms with E-state index >= 15 is 0 Å². The summed E-state index contributed by atoms with van der Waals surface area (Å²) < 4.78 is 0. The summed E-state index contributed by atoms with van der Waals surface area (Å²) in [5.74, 6) is 6.58. The Kier molecular flexibility index (Phi) is 10.2. The first kappa shape index (κ1) is 21.0. The summed E-state index contributed by atoms with van der Waals surface area (Å²) in [6.45, 7) is 0. The zero-order valence-electron chi connectivity index (χ0n) is 15.5. The monoisotopic (exact) mass is 382 g/mol. The molecule has 0 aliphatic carbocycles. The number of aliphatic carboxylic acids is 1. The standard InChI is InChI=1S/C21H34O2S2/c1-2-3-4-7-10-15-24-16-18-17(19-13-14-20(18)25-19)11-8-5-6-9-12-21(22)23/h1,17-20H,3-16H2,(H,22,23). The quantitative estimate of drug-likeness (QED) is 0.302. The Bertz CT molecular complexity index is 432. The van der Waals surface area contributed by atoms with Crippen LogP contribution < -0.4 is 0 Å². The van der Waals surface area contributed by atoms with E-state index in [0.717, 1.165) is 41.6 Å². The van der Waals surface area contributed by atoms with Gasteiger partial charge < -0.3 is 5.11 Å². The summed E-state index contributed by atoms with van der Waals surface area (Å²) in [5.41, 5.74) is 0. The Morgan fingerprint density at radius 3 is 2.52 bits per heavy atom. The molecule has 4 unspecified atom stereocenters. The van der Waals surface area contributed by atoms with Gasteiger partial charge in [-0.05, 0) is 61.9 Å². The molecule has 0 spiro atoms. The summed E-state index contributed by atoms with van der Waals surface area (Å²) in [5, 5.41) is 10.5. The second-order valence-corrected chi connectivity index (χ2v) is 10.2. The van der Waals surface area contributed by atoms with Gasteiger partial charge in [0.25, 0.3) is 0 Å². The van der Waals surface area contributed by atoms with Crippen molar-refractivity contribution in [3.63, 3.8) is 0 Å². The largest absolute Gasteiger partial charge is 0.481 e. The Morgan fingerprint density at radius 2 is 1.76 bits per heavy atom. The zero-order chi connectivity index (χ0) is 17.9. The van der Waals surface area contributed by atoms with E-state index in [-0.39, 0.29) is 0 Å². The maximum atomic E-state index is 10.6. The lowest BCUT2D eigenvalue weighted by Crippen LogP contribution is -2.29. The van der Waals surface area contributed by atoms with Gasteiger partial charge in [-0.3, -0.25) is 4.79 Å². The van der Waals surface area contributed by atoms with E-state index < -0.39 is 5.97 Å². The minimum absolute atomic E-state index is 0.338. The molecular weight excluding hydrogens is 348 g/mol. The van der Waals surface area contributed by atoms with Crippen LogP contribution in [0, 0.1) is 24.2 Å². The second kappa shape index (κ2) is 12.2. The number of hydrogen-bond acceptors (Lipinski definition) is 3. The molecule has 4 heteroatoms. The van der Waals surface area contributed by atoms with Crippen LogP contribution in [0.15, 0.2) is 0 Å². The van der Waals surface area contributed by atoms with Crippen LogP contribution in [0.3, 0.4) is 0 Å². The summed E-state index contributed by atoms with van der Waals surface area (Å²) in [7, 11) is 0. The number of fused-ring (bicyclic) bond motifs is 2. The molecule has 0 radical (unpaired) electrons. The number of terminal acetylenes is 1. The number of carbonyl (C=O) groups is 1. The van der Waals surface area contributed by atoms with Gasteiger partial charge in [-0.2, -0.15) is 23.5 Å². The number of carboxylic acid groups (broad SMARTS) is 1. The predicted molar refractivity (Wildman–Crippen MR) is 111 cm³/mol. The number of hydrogen-bond donors (Lipinski definition) is 1. The predicted octanol–water partition coefficient (Wildman–Crippen LogP) is 5.85. The third-order valence-electron chi connectivity index (χ3n) is 5.69. The van der Waals surface area contributed by atoms with Crippen molar-refractivity contribution in [1.82, 2.24) is 0 Å². The Balaban J connectivity index is 1.58. The summed E-state index contributed by atoms with van der Waals surface area (Å²) in [6, 6.07) is 0. The normalized spacial score (nSPS) is 27.5. The van der Waals surface area contributed by atoms with Crippen molar-refractivity contribution < 1.29 is 9.90 Å². The van der Waals surface area contributed by atoms with Crippen molar-refractivity contribution >= 4 is 29.5 Å². The molecule has 0 amide bonds. The molecule has 2 nitrogen and oxygen atoms in total. The molecule has 1 N–H and O–H groups in total. The van der Waals surface area contributed by atoms with Crippen LogP contribution in [0.5, 0.6) is 0 Å². The van der Waals surface area contributed by atoms with Gasteiger partial charge >= 0.3 is 5.97 Å². The molecule has 2 fully saturated rings. The maximum Gasteiger partial charge on any atom is 0.303 e. The van der Waals surface area contributed by atoms with Gasteiger partial charge in [-0.25, -0.2) is 0 Å². The van der Waals surface area contributed by atoms with Crippen molar-refractivity contribution in [1.29, 1.82) is 0 Å². The van der Waals surface area contributed by atoms with E-state index in [4.69, 9.17) is 11.5 Å². The van der Waals surface area contributed by atoms with Crippen molar-refractivity contribution in [2.75, 3.05) is 11.5 Å². The van der Waals surface area contributed by atoms with E-state index in [1.807, 2.05) is 0 Å². The summed E-state index contributed by atoms with van der Waals surface area (Å²) in [4.78, 5) is 10.6. The Labute approximate surface area is 162 Å². The molecule has 142 valence electrons. The fourth-order valence-corrected chi connectivity index (χ4v) is 7.82. The lowest BCUT2D eigenvalue weighted by Gasteiger charge is -2.29. The highest BCUT2D eigenvalue weighted by Crippen LogP contribution is 2.55. The fraction of sp³-hybridized carbons (Fsp3) is 0.857.